The lowest BCUT2D eigenvalue weighted by Crippen LogP contribution is -2.47. The van der Waals surface area contributed by atoms with Gasteiger partial charge in [-0.3, -0.25) is 4.99 Å². The van der Waals surface area contributed by atoms with E-state index in [0.717, 1.165) is 83.4 Å². The first kappa shape index (κ1) is 20.6. The highest BCUT2D eigenvalue weighted by Crippen LogP contribution is 2.14. The average Bonchev–Trinajstić information content (AvgIpc) is 3.13. The van der Waals surface area contributed by atoms with Crippen LogP contribution in [-0.2, 0) is 22.4 Å². The molecule has 0 saturated carbocycles. The molecule has 0 atom stereocenters. The number of rotatable bonds is 10. The van der Waals surface area contributed by atoms with Crippen LogP contribution in [0.25, 0.3) is 0 Å². The summed E-state index contributed by atoms with van der Waals surface area (Å²) in [6.07, 6.45) is 6.08. The molecule has 8 heteroatoms. The molecule has 0 aromatic carbocycles. The number of nitrogens with one attached hydrogen (secondary N) is 1. The summed E-state index contributed by atoms with van der Waals surface area (Å²) in [5.74, 6) is 2.01. The quantitative estimate of drug-likeness (QED) is 0.382. The molecule has 26 heavy (non-hydrogen) atoms. The fourth-order valence-corrected chi connectivity index (χ4v) is 3.12. The maximum Gasteiger partial charge on any atom is 0.193 e. The first-order valence-corrected chi connectivity index (χ1v) is 9.78. The lowest BCUT2D eigenvalue weighted by molar-refractivity contribution is 0.00990. The van der Waals surface area contributed by atoms with E-state index >= 15 is 0 Å². The molecule has 1 fully saturated rings. The van der Waals surface area contributed by atoms with Gasteiger partial charge in [0.05, 0.1) is 12.6 Å². The van der Waals surface area contributed by atoms with Crippen molar-refractivity contribution in [2.75, 3.05) is 46.5 Å². The van der Waals surface area contributed by atoms with Gasteiger partial charge in [0.2, 0.25) is 0 Å². The van der Waals surface area contributed by atoms with Gasteiger partial charge in [0, 0.05) is 52.9 Å². The molecule has 0 spiro atoms. The molecule has 0 unspecified atom stereocenters. The molecule has 1 aromatic rings. The molecule has 0 radical (unpaired) electrons. The lowest BCUT2D eigenvalue weighted by atomic mass is 10.1. The van der Waals surface area contributed by atoms with E-state index in [2.05, 4.69) is 38.8 Å². The van der Waals surface area contributed by atoms with Gasteiger partial charge in [-0.05, 0) is 26.2 Å². The predicted molar refractivity (Wildman–Crippen MR) is 102 cm³/mol. The molecule has 8 nitrogen and oxygen atoms in total. The number of piperidine rings is 1. The Morgan fingerprint density at radius 2 is 2.12 bits per heavy atom. The van der Waals surface area contributed by atoms with Gasteiger partial charge >= 0.3 is 0 Å². The Morgan fingerprint density at radius 1 is 1.31 bits per heavy atom. The monoisotopic (exact) mass is 366 g/mol. The van der Waals surface area contributed by atoms with Gasteiger partial charge in [-0.15, -0.1) is 10.2 Å². The van der Waals surface area contributed by atoms with E-state index in [1.165, 1.54) is 0 Å². The van der Waals surface area contributed by atoms with Crippen molar-refractivity contribution in [3.63, 3.8) is 0 Å². The number of nitrogens with zero attached hydrogens (tertiary/aromatic N) is 5. The lowest BCUT2D eigenvalue weighted by Gasteiger charge is -2.34. The van der Waals surface area contributed by atoms with Gasteiger partial charge in [0.1, 0.15) is 12.2 Å². The van der Waals surface area contributed by atoms with Crippen molar-refractivity contribution in [1.29, 1.82) is 0 Å². The van der Waals surface area contributed by atoms with Crippen LogP contribution in [0.15, 0.2) is 11.3 Å². The molecule has 0 aliphatic carbocycles. The second kappa shape index (κ2) is 11.9. The molecule has 2 heterocycles. The number of ether oxygens (including phenoxy) is 2. The maximum atomic E-state index is 5.94. The highest BCUT2D eigenvalue weighted by molar-refractivity contribution is 5.80. The van der Waals surface area contributed by atoms with Crippen molar-refractivity contribution in [3.05, 3.63) is 12.2 Å². The number of likely N-dealkylation sites (tertiary alicyclic amines) is 1. The van der Waals surface area contributed by atoms with Crippen LogP contribution >= 0.6 is 0 Å². The second-order valence-electron chi connectivity index (χ2n) is 6.43. The molecule has 1 aliphatic rings. The summed E-state index contributed by atoms with van der Waals surface area (Å²) in [7, 11) is 1.73. The Labute approximate surface area is 157 Å². The van der Waals surface area contributed by atoms with Crippen LogP contribution in [0.5, 0.6) is 0 Å². The third-order valence-electron chi connectivity index (χ3n) is 4.54. The predicted octanol–water partition coefficient (Wildman–Crippen LogP) is 1.32. The molecule has 148 valence electrons. The summed E-state index contributed by atoms with van der Waals surface area (Å²) >= 11 is 0. The van der Waals surface area contributed by atoms with Crippen molar-refractivity contribution in [3.8, 4) is 0 Å². The number of aliphatic imine (C=N–C) groups is 1. The van der Waals surface area contributed by atoms with E-state index < -0.39 is 0 Å². The summed E-state index contributed by atoms with van der Waals surface area (Å²) in [5.41, 5.74) is 0. The molecule has 0 bridgehead atoms. The van der Waals surface area contributed by atoms with E-state index in [9.17, 15) is 0 Å². The number of hydrogen-bond acceptors (Lipinski definition) is 5. The molecule has 0 amide bonds. The van der Waals surface area contributed by atoms with Gasteiger partial charge < -0.3 is 24.3 Å². The van der Waals surface area contributed by atoms with E-state index in [1.54, 1.807) is 13.4 Å². The largest absolute Gasteiger partial charge is 0.385 e. The van der Waals surface area contributed by atoms with Crippen molar-refractivity contribution >= 4 is 5.96 Å². The second-order valence-corrected chi connectivity index (χ2v) is 6.43. The van der Waals surface area contributed by atoms with Crippen LogP contribution in [0.2, 0.25) is 0 Å². The van der Waals surface area contributed by atoms with Gasteiger partial charge in [-0.1, -0.05) is 6.92 Å². The molecular formula is C18H34N6O2. The minimum absolute atomic E-state index is 0.357. The topological polar surface area (TPSA) is 76.8 Å². The average molecular weight is 367 g/mol. The van der Waals surface area contributed by atoms with E-state index in [-0.39, 0.29) is 0 Å². The van der Waals surface area contributed by atoms with Crippen LogP contribution in [-0.4, -0.2) is 78.2 Å². The summed E-state index contributed by atoms with van der Waals surface area (Å²) in [4.78, 5) is 7.14. The number of methoxy groups -OCH3 is 1. The number of guanidine groups is 1. The molecule has 2 rings (SSSR count). The fourth-order valence-electron chi connectivity index (χ4n) is 3.12. The van der Waals surface area contributed by atoms with Gasteiger partial charge in [0.15, 0.2) is 5.96 Å². The van der Waals surface area contributed by atoms with Crippen molar-refractivity contribution in [2.24, 2.45) is 4.99 Å². The summed E-state index contributed by atoms with van der Waals surface area (Å²) < 4.78 is 13.1. The van der Waals surface area contributed by atoms with Crippen LogP contribution < -0.4 is 5.32 Å². The van der Waals surface area contributed by atoms with E-state index in [0.29, 0.717) is 6.10 Å². The van der Waals surface area contributed by atoms with Crippen molar-refractivity contribution < 1.29 is 9.47 Å². The summed E-state index contributed by atoms with van der Waals surface area (Å²) in [6, 6.07) is 0. The van der Waals surface area contributed by atoms with Gasteiger partial charge in [0.25, 0.3) is 0 Å². The van der Waals surface area contributed by atoms with Crippen LogP contribution in [0.3, 0.4) is 0 Å². The molecule has 1 saturated heterocycles. The summed E-state index contributed by atoms with van der Waals surface area (Å²) in [5, 5.41) is 11.5. The SMILES string of the molecule is CCNC(=NCCn1cnnc1CC)N1CCC(OCCCOC)CC1. The Bertz CT molecular complexity index is 526. The highest BCUT2D eigenvalue weighted by Gasteiger charge is 2.21. The minimum Gasteiger partial charge on any atom is -0.385 e. The zero-order valence-electron chi connectivity index (χ0n) is 16.5. The number of hydrogen-bond donors (Lipinski definition) is 1. The molecular weight excluding hydrogens is 332 g/mol. The molecule has 1 aromatic heterocycles. The minimum atomic E-state index is 0.357. The standard InChI is InChI=1S/C18H34N6O2/c1-4-17-22-21-15-24(17)12-9-20-18(19-5-2)23-10-7-16(8-11-23)26-14-6-13-25-3/h15-16H,4-14H2,1-3H3,(H,19,20). The van der Waals surface area contributed by atoms with E-state index in [4.69, 9.17) is 14.5 Å². The number of aryl methyl sites for hydroxylation is 1. The van der Waals surface area contributed by atoms with Crippen LogP contribution in [0.1, 0.15) is 38.9 Å². The van der Waals surface area contributed by atoms with Crippen LogP contribution in [0.4, 0.5) is 0 Å². The van der Waals surface area contributed by atoms with Crippen LogP contribution in [0, 0.1) is 0 Å². The Balaban J connectivity index is 1.78. The van der Waals surface area contributed by atoms with Crippen molar-refractivity contribution in [1.82, 2.24) is 25.0 Å². The molecule has 1 aliphatic heterocycles. The fraction of sp³-hybridized carbons (Fsp3) is 0.833. The first-order chi connectivity index (χ1) is 12.8. The Kier molecular flexibility index (Phi) is 9.41. The zero-order valence-corrected chi connectivity index (χ0v) is 16.5. The van der Waals surface area contributed by atoms with Gasteiger partial charge in [-0.25, -0.2) is 0 Å². The first-order valence-electron chi connectivity index (χ1n) is 9.78. The van der Waals surface area contributed by atoms with Crippen molar-refractivity contribution in [2.45, 2.75) is 52.2 Å². The molecule has 1 N–H and O–H groups in total. The van der Waals surface area contributed by atoms with E-state index in [1.807, 2.05) is 0 Å². The summed E-state index contributed by atoms with van der Waals surface area (Å²) in [6.45, 7) is 10.1. The smallest absolute Gasteiger partial charge is 0.193 e. The highest BCUT2D eigenvalue weighted by atomic mass is 16.5. The number of aromatic nitrogens is 3. The Morgan fingerprint density at radius 3 is 2.81 bits per heavy atom. The third kappa shape index (κ3) is 6.57. The normalized spacial score (nSPS) is 16.3. The zero-order chi connectivity index (χ0) is 18.6. The maximum absolute atomic E-state index is 5.94. The Hall–Kier alpha value is -1.67. The van der Waals surface area contributed by atoms with Gasteiger partial charge in [-0.2, -0.15) is 0 Å². The third-order valence-corrected chi connectivity index (χ3v) is 4.54.